The molecule has 18 heavy (non-hydrogen) atoms. The maximum atomic E-state index is 12.1. The molecule has 1 rings (SSSR count). The molecule has 1 N–H and O–H groups in total. The van der Waals surface area contributed by atoms with E-state index in [9.17, 15) is 9.59 Å². The molecule has 0 aromatic carbocycles. The number of carbonyl (C=O) groups excluding carboxylic acids is 2. The van der Waals surface area contributed by atoms with Crippen LogP contribution in [-0.2, 0) is 9.53 Å². The number of nitrogens with one attached hydrogen (secondary N) is 1. The topological polar surface area (TPSA) is 55.4 Å². The van der Waals surface area contributed by atoms with Gasteiger partial charge >= 0.3 is 6.09 Å². The molecule has 0 spiro atoms. The van der Waals surface area contributed by atoms with Crippen LogP contribution in [0.2, 0.25) is 0 Å². The van der Waals surface area contributed by atoms with Gasteiger partial charge in [-0.05, 0) is 46.0 Å². The van der Waals surface area contributed by atoms with Crippen LogP contribution in [0.25, 0.3) is 0 Å². The standard InChI is InChI=1S/C14H25NO3/c1-10(2)6-7-11(16)14(8-9-14)15-12(17)18-13(3,4)5/h10H,6-9H2,1-5H3,(H,15,17). The summed E-state index contributed by atoms with van der Waals surface area (Å²) in [6, 6.07) is 0. The second-order valence-corrected chi connectivity index (χ2v) is 6.56. The summed E-state index contributed by atoms with van der Waals surface area (Å²) in [6.45, 7) is 9.62. The smallest absolute Gasteiger partial charge is 0.408 e. The minimum atomic E-state index is -0.628. The van der Waals surface area contributed by atoms with Crippen molar-refractivity contribution in [1.82, 2.24) is 5.32 Å². The van der Waals surface area contributed by atoms with E-state index in [1.54, 1.807) is 0 Å². The second kappa shape index (κ2) is 5.29. The molecular weight excluding hydrogens is 230 g/mol. The van der Waals surface area contributed by atoms with Crippen LogP contribution in [0.3, 0.4) is 0 Å². The van der Waals surface area contributed by atoms with E-state index < -0.39 is 17.2 Å². The molecule has 1 fully saturated rings. The highest BCUT2D eigenvalue weighted by Crippen LogP contribution is 2.38. The van der Waals surface area contributed by atoms with E-state index in [4.69, 9.17) is 4.74 Å². The van der Waals surface area contributed by atoms with E-state index in [-0.39, 0.29) is 5.78 Å². The van der Waals surface area contributed by atoms with E-state index in [0.29, 0.717) is 12.3 Å². The first-order valence-corrected chi connectivity index (χ1v) is 6.69. The molecule has 1 saturated carbocycles. The van der Waals surface area contributed by atoms with Gasteiger partial charge in [0.05, 0.1) is 0 Å². The van der Waals surface area contributed by atoms with Crippen LogP contribution in [0, 0.1) is 5.92 Å². The van der Waals surface area contributed by atoms with E-state index in [1.165, 1.54) is 0 Å². The summed E-state index contributed by atoms with van der Waals surface area (Å²) < 4.78 is 5.19. The molecule has 0 radical (unpaired) electrons. The molecule has 0 bridgehead atoms. The van der Waals surface area contributed by atoms with Gasteiger partial charge in [-0.25, -0.2) is 4.79 Å². The van der Waals surface area contributed by atoms with Crippen LogP contribution >= 0.6 is 0 Å². The summed E-state index contributed by atoms with van der Waals surface area (Å²) in [5.41, 5.74) is -1.15. The molecule has 1 amide bonds. The molecule has 0 aliphatic heterocycles. The third kappa shape index (κ3) is 4.67. The maximum absolute atomic E-state index is 12.1. The monoisotopic (exact) mass is 255 g/mol. The van der Waals surface area contributed by atoms with Crippen molar-refractivity contribution in [2.75, 3.05) is 0 Å². The first-order valence-electron chi connectivity index (χ1n) is 6.69. The molecule has 4 nitrogen and oxygen atoms in total. The summed E-state index contributed by atoms with van der Waals surface area (Å²) >= 11 is 0. The molecule has 0 aromatic heterocycles. The molecule has 0 saturated heterocycles. The molecule has 0 unspecified atom stereocenters. The predicted molar refractivity (Wildman–Crippen MR) is 70.4 cm³/mol. The Labute approximate surface area is 109 Å². The lowest BCUT2D eigenvalue weighted by Gasteiger charge is -2.23. The zero-order valence-electron chi connectivity index (χ0n) is 12.1. The molecule has 0 atom stereocenters. The minimum absolute atomic E-state index is 0.141. The van der Waals surface area contributed by atoms with Gasteiger partial charge in [0.25, 0.3) is 0 Å². The fourth-order valence-electron chi connectivity index (χ4n) is 1.76. The Bertz CT molecular complexity index is 324. The molecule has 0 heterocycles. The third-order valence-electron chi connectivity index (χ3n) is 2.97. The van der Waals surface area contributed by atoms with Gasteiger partial charge in [-0.2, -0.15) is 0 Å². The highest BCUT2D eigenvalue weighted by Gasteiger charge is 2.50. The Morgan fingerprint density at radius 3 is 2.22 bits per heavy atom. The first-order chi connectivity index (χ1) is 8.15. The molecule has 4 heteroatoms. The summed E-state index contributed by atoms with van der Waals surface area (Å²) in [4.78, 5) is 23.7. The van der Waals surface area contributed by atoms with E-state index in [0.717, 1.165) is 19.3 Å². The van der Waals surface area contributed by atoms with Crippen LogP contribution in [0.15, 0.2) is 0 Å². The average Bonchev–Trinajstić information content (AvgIpc) is 2.91. The number of alkyl carbamates (subject to hydrolysis) is 1. The van der Waals surface area contributed by atoms with Gasteiger partial charge in [0.2, 0.25) is 0 Å². The lowest BCUT2D eigenvalue weighted by molar-refractivity contribution is -0.122. The summed E-state index contributed by atoms with van der Waals surface area (Å²) in [7, 11) is 0. The van der Waals surface area contributed by atoms with Gasteiger partial charge in [-0.15, -0.1) is 0 Å². The van der Waals surface area contributed by atoms with Crippen molar-refractivity contribution in [2.24, 2.45) is 5.92 Å². The van der Waals surface area contributed by atoms with E-state index >= 15 is 0 Å². The fourth-order valence-corrected chi connectivity index (χ4v) is 1.76. The largest absolute Gasteiger partial charge is 0.444 e. The summed E-state index contributed by atoms with van der Waals surface area (Å²) in [5.74, 6) is 0.647. The maximum Gasteiger partial charge on any atom is 0.408 e. The van der Waals surface area contributed by atoms with Gasteiger partial charge in [0.1, 0.15) is 11.1 Å². The van der Waals surface area contributed by atoms with Crippen LogP contribution < -0.4 is 5.32 Å². The Balaban J connectivity index is 2.45. The number of hydrogen-bond acceptors (Lipinski definition) is 3. The van der Waals surface area contributed by atoms with Gasteiger partial charge in [0, 0.05) is 6.42 Å². The van der Waals surface area contributed by atoms with Crippen molar-refractivity contribution in [3.05, 3.63) is 0 Å². The Morgan fingerprint density at radius 2 is 1.83 bits per heavy atom. The highest BCUT2D eigenvalue weighted by atomic mass is 16.6. The number of carbonyl (C=O) groups is 2. The van der Waals surface area contributed by atoms with Crippen LogP contribution in [0.4, 0.5) is 4.79 Å². The highest BCUT2D eigenvalue weighted by molar-refractivity contribution is 5.94. The fraction of sp³-hybridized carbons (Fsp3) is 0.857. The SMILES string of the molecule is CC(C)CCC(=O)C1(NC(=O)OC(C)(C)C)CC1. The summed E-state index contributed by atoms with van der Waals surface area (Å²) in [6.07, 6.45) is 2.40. The van der Waals surface area contributed by atoms with Gasteiger partial charge in [0.15, 0.2) is 5.78 Å². The number of amides is 1. The lowest BCUT2D eigenvalue weighted by atomic mass is 10.0. The average molecular weight is 255 g/mol. The Kier molecular flexibility index (Phi) is 4.41. The number of Topliss-reactive ketones (excluding diaryl/α,β-unsaturated/α-hetero) is 1. The number of hydrogen-bond donors (Lipinski definition) is 1. The molecule has 1 aliphatic rings. The zero-order chi connectivity index (χ0) is 14.0. The number of ether oxygens (including phenoxy) is 1. The van der Waals surface area contributed by atoms with Crippen molar-refractivity contribution in [2.45, 2.75) is 71.4 Å². The minimum Gasteiger partial charge on any atom is -0.444 e. The van der Waals surface area contributed by atoms with Crippen molar-refractivity contribution >= 4 is 11.9 Å². The van der Waals surface area contributed by atoms with Crippen LogP contribution in [0.5, 0.6) is 0 Å². The van der Waals surface area contributed by atoms with Crippen molar-refractivity contribution in [3.8, 4) is 0 Å². The number of rotatable bonds is 5. The van der Waals surface area contributed by atoms with Crippen LogP contribution in [0.1, 0.15) is 60.3 Å². The first kappa shape index (κ1) is 15.0. The summed E-state index contributed by atoms with van der Waals surface area (Å²) in [5, 5.41) is 2.74. The predicted octanol–water partition coefficient (Wildman–Crippen LogP) is 3.05. The normalized spacial score (nSPS) is 17.4. The molecule has 0 aromatic rings. The molecular formula is C14H25NO3. The molecule has 104 valence electrons. The number of ketones is 1. The Morgan fingerprint density at radius 1 is 1.28 bits per heavy atom. The van der Waals surface area contributed by atoms with Crippen molar-refractivity contribution in [1.29, 1.82) is 0 Å². The van der Waals surface area contributed by atoms with E-state index in [2.05, 4.69) is 19.2 Å². The van der Waals surface area contributed by atoms with Crippen molar-refractivity contribution in [3.63, 3.8) is 0 Å². The lowest BCUT2D eigenvalue weighted by Crippen LogP contribution is -2.45. The van der Waals surface area contributed by atoms with Crippen molar-refractivity contribution < 1.29 is 14.3 Å². The van der Waals surface area contributed by atoms with Gasteiger partial charge in [-0.1, -0.05) is 13.8 Å². The van der Waals surface area contributed by atoms with Gasteiger partial charge in [-0.3, -0.25) is 4.79 Å². The third-order valence-corrected chi connectivity index (χ3v) is 2.97. The Hall–Kier alpha value is -1.06. The van der Waals surface area contributed by atoms with Gasteiger partial charge < -0.3 is 10.1 Å². The zero-order valence-corrected chi connectivity index (χ0v) is 12.1. The quantitative estimate of drug-likeness (QED) is 0.821. The second-order valence-electron chi connectivity index (χ2n) is 6.56. The molecule has 1 aliphatic carbocycles. The van der Waals surface area contributed by atoms with Crippen LogP contribution in [-0.4, -0.2) is 23.0 Å². The van der Waals surface area contributed by atoms with E-state index in [1.807, 2.05) is 20.8 Å².